The summed E-state index contributed by atoms with van der Waals surface area (Å²) in [5.74, 6) is 0.0278. The van der Waals surface area contributed by atoms with Crippen LogP contribution >= 0.6 is 23.2 Å². The molecule has 1 saturated heterocycles. The normalized spacial score (nSPS) is 17.2. The van der Waals surface area contributed by atoms with E-state index in [9.17, 15) is 13.2 Å². The molecule has 10 heteroatoms. The number of piperazine rings is 1. The van der Waals surface area contributed by atoms with Crippen molar-refractivity contribution in [2.75, 3.05) is 32.0 Å². The molecule has 0 saturated carbocycles. The van der Waals surface area contributed by atoms with Crippen molar-refractivity contribution in [3.63, 3.8) is 0 Å². The van der Waals surface area contributed by atoms with Gasteiger partial charge in [0.2, 0.25) is 0 Å². The van der Waals surface area contributed by atoms with Crippen molar-refractivity contribution in [2.24, 2.45) is 0 Å². The molecule has 1 N–H and O–H groups in total. The lowest BCUT2D eigenvalue weighted by atomic mass is 10.1. The minimum atomic E-state index is -4.03. The van der Waals surface area contributed by atoms with Crippen molar-refractivity contribution < 1.29 is 22.5 Å². The van der Waals surface area contributed by atoms with Crippen molar-refractivity contribution in [1.82, 2.24) is 9.80 Å². The number of nitrogens with zero attached hydrogens (tertiary/aromatic N) is 2. The standard InChI is InChI=1S/C23H28Cl2N2O5S/c1-17-14-26(15-18-4-6-20(24)7-5-18)10-11-27(17)23(28)16-32-22-9-8-21(25)13-19(22)3-2-12-33(29,30)31/h4-9,13,17H,2-3,10-12,14-16H2,1H3,(H,29,30,31)/t17-/m1/s1. The summed E-state index contributed by atoms with van der Waals surface area (Å²) in [5, 5.41) is 1.20. The van der Waals surface area contributed by atoms with Crippen LogP contribution in [0.5, 0.6) is 5.75 Å². The molecule has 7 nitrogen and oxygen atoms in total. The van der Waals surface area contributed by atoms with Crippen LogP contribution in [0.2, 0.25) is 10.0 Å². The molecule has 180 valence electrons. The molecule has 3 rings (SSSR count). The maximum atomic E-state index is 12.8. The molecule has 2 aromatic carbocycles. The van der Waals surface area contributed by atoms with Gasteiger partial charge in [0.05, 0.1) is 5.75 Å². The second kappa shape index (κ2) is 11.5. The molecule has 0 bridgehead atoms. The van der Waals surface area contributed by atoms with E-state index < -0.39 is 10.1 Å². The lowest BCUT2D eigenvalue weighted by Crippen LogP contribution is -2.54. The Balaban J connectivity index is 1.53. The summed E-state index contributed by atoms with van der Waals surface area (Å²) in [6, 6.07) is 12.8. The molecule has 0 radical (unpaired) electrons. The van der Waals surface area contributed by atoms with Crippen molar-refractivity contribution >= 4 is 39.2 Å². The molecule has 1 heterocycles. The van der Waals surface area contributed by atoms with Crippen molar-refractivity contribution in [3.05, 3.63) is 63.6 Å². The van der Waals surface area contributed by atoms with Crippen LogP contribution < -0.4 is 4.74 Å². The molecule has 1 aliphatic heterocycles. The molecular weight excluding hydrogens is 487 g/mol. The molecule has 1 aliphatic rings. The first-order valence-corrected chi connectivity index (χ1v) is 13.1. The van der Waals surface area contributed by atoms with Crippen LogP contribution in [0, 0.1) is 0 Å². The molecule has 0 aromatic heterocycles. The topological polar surface area (TPSA) is 87.2 Å². The first kappa shape index (κ1) is 25.8. The zero-order valence-electron chi connectivity index (χ0n) is 18.4. The summed E-state index contributed by atoms with van der Waals surface area (Å²) in [4.78, 5) is 17.0. The molecule has 2 aromatic rings. The molecule has 1 atom stereocenters. The summed E-state index contributed by atoms with van der Waals surface area (Å²) in [6.07, 6.45) is 0.569. The summed E-state index contributed by atoms with van der Waals surface area (Å²) in [7, 11) is -4.03. The van der Waals surface area contributed by atoms with Gasteiger partial charge in [0, 0.05) is 42.3 Å². The summed E-state index contributed by atoms with van der Waals surface area (Å²) < 4.78 is 36.7. The SMILES string of the molecule is C[C@@H]1CN(Cc2ccc(Cl)cc2)CCN1C(=O)COc1ccc(Cl)cc1CCCS(=O)(=O)O. The number of halogens is 2. The minimum absolute atomic E-state index is 0.0431. The number of rotatable bonds is 9. The maximum absolute atomic E-state index is 12.8. The van der Waals surface area contributed by atoms with Gasteiger partial charge in [0.25, 0.3) is 16.0 Å². The summed E-state index contributed by atoms with van der Waals surface area (Å²) in [5.41, 5.74) is 1.87. The lowest BCUT2D eigenvalue weighted by molar-refractivity contribution is -0.138. The summed E-state index contributed by atoms with van der Waals surface area (Å²) >= 11 is 12.0. The summed E-state index contributed by atoms with van der Waals surface area (Å²) in [6.45, 7) is 4.84. The Morgan fingerprint density at radius 2 is 1.82 bits per heavy atom. The highest BCUT2D eigenvalue weighted by Crippen LogP contribution is 2.25. The van der Waals surface area contributed by atoms with Crippen LogP contribution in [0.25, 0.3) is 0 Å². The predicted molar refractivity (Wildman–Crippen MR) is 130 cm³/mol. The number of aryl methyl sites for hydroxylation is 1. The zero-order valence-corrected chi connectivity index (χ0v) is 20.7. The fraction of sp³-hybridized carbons (Fsp3) is 0.435. The lowest BCUT2D eigenvalue weighted by Gasteiger charge is -2.40. The highest BCUT2D eigenvalue weighted by Gasteiger charge is 2.27. The van der Waals surface area contributed by atoms with Crippen LogP contribution in [0.15, 0.2) is 42.5 Å². The van der Waals surface area contributed by atoms with Crippen LogP contribution in [-0.4, -0.2) is 66.7 Å². The van der Waals surface area contributed by atoms with Crippen molar-refractivity contribution in [2.45, 2.75) is 32.4 Å². The Labute approximate surface area is 205 Å². The molecular formula is C23H28Cl2N2O5S. The highest BCUT2D eigenvalue weighted by atomic mass is 35.5. The van der Waals surface area contributed by atoms with E-state index in [4.69, 9.17) is 32.5 Å². The number of amides is 1. The third-order valence-corrected chi connectivity index (χ3v) is 6.87. The van der Waals surface area contributed by atoms with Gasteiger partial charge in [0.15, 0.2) is 6.61 Å². The number of carbonyl (C=O) groups is 1. The molecule has 0 unspecified atom stereocenters. The fourth-order valence-electron chi connectivity index (χ4n) is 3.95. The number of carbonyl (C=O) groups excluding carboxylic acids is 1. The van der Waals surface area contributed by atoms with Crippen LogP contribution in [-0.2, 0) is 27.9 Å². The third kappa shape index (κ3) is 8.15. The predicted octanol–water partition coefficient (Wildman–Crippen LogP) is 3.93. The third-order valence-electron chi connectivity index (χ3n) is 5.57. The van der Waals surface area contributed by atoms with Crippen LogP contribution in [0.4, 0.5) is 0 Å². The first-order chi connectivity index (χ1) is 15.6. The van der Waals surface area contributed by atoms with Crippen molar-refractivity contribution in [1.29, 1.82) is 0 Å². The second-order valence-electron chi connectivity index (χ2n) is 8.23. The zero-order chi connectivity index (χ0) is 24.0. The van der Waals surface area contributed by atoms with E-state index in [-0.39, 0.29) is 30.7 Å². The first-order valence-electron chi connectivity index (χ1n) is 10.7. The van der Waals surface area contributed by atoms with Gasteiger partial charge >= 0.3 is 0 Å². The number of ether oxygens (including phenoxy) is 1. The largest absolute Gasteiger partial charge is 0.483 e. The van der Waals surface area contributed by atoms with E-state index in [2.05, 4.69) is 4.90 Å². The maximum Gasteiger partial charge on any atom is 0.264 e. The monoisotopic (exact) mass is 514 g/mol. The van der Waals surface area contributed by atoms with E-state index >= 15 is 0 Å². The van der Waals surface area contributed by atoms with E-state index in [1.807, 2.05) is 36.1 Å². The van der Waals surface area contributed by atoms with Gasteiger partial charge in [-0.05, 0) is 61.2 Å². The van der Waals surface area contributed by atoms with Crippen molar-refractivity contribution in [3.8, 4) is 5.75 Å². The molecule has 1 fully saturated rings. The van der Waals surface area contributed by atoms with Gasteiger partial charge < -0.3 is 9.64 Å². The Morgan fingerprint density at radius 3 is 2.48 bits per heavy atom. The molecule has 0 spiro atoms. The van der Waals surface area contributed by atoms with Gasteiger partial charge in [-0.1, -0.05) is 35.3 Å². The number of benzene rings is 2. The van der Waals surface area contributed by atoms with E-state index in [0.717, 1.165) is 19.6 Å². The smallest absolute Gasteiger partial charge is 0.264 e. The Kier molecular flexibility index (Phi) is 9.01. The molecule has 1 amide bonds. The van der Waals surface area contributed by atoms with Crippen LogP contribution in [0.3, 0.4) is 0 Å². The minimum Gasteiger partial charge on any atom is -0.483 e. The Bertz CT molecular complexity index is 1060. The van der Waals surface area contributed by atoms with Gasteiger partial charge in [-0.2, -0.15) is 8.42 Å². The van der Waals surface area contributed by atoms with E-state index in [0.29, 0.717) is 34.3 Å². The molecule has 0 aliphatic carbocycles. The second-order valence-corrected chi connectivity index (χ2v) is 10.7. The van der Waals surface area contributed by atoms with Gasteiger partial charge in [-0.3, -0.25) is 14.2 Å². The quantitative estimate of drug-likeness (QED) is 0.510. The van der Waals surface area contributed by atoms with Gasteiger partial charge in [-0.25, -0.2) is 0 Å². The average molecular weight is 515 g/mol. The van der Waals surface area contributed by atoms with E-state index in [1.54, 1.807) is 18.2 Å². The Morgan fingerprint density at radius 1 is 1.12 bits per heavy atom. The number of hydrogen-bond donors (Lipinski definition) is 1. The van der Waals surface area contributed by atoms with Gasteiger partial charge in [-0.15, -0.1) is 0 Å². The Hall–Kier alpha value is -1.84. The van der Waals surface area contributed by atoms with Gasteiger partial charge in [0.1, 0.15) is 5.75 Å². The van der Waals surface area contributed by atoms with Crippen LogP contribution in [0.1, 0.15) is 24.5 Å². The van der Waals surface area contributed by atoms with E-state index in [1.165, 1.54) is 5.56 Å². The average Bonchev–Trinajstić information content (AvgIpc) is 2.74. The highest BCUT2D eigenvalue weighted by molar-refractivity contribution is 7.85. The molecule has 33 heavy (non-hydrogen) atoms. The number of hydrogen-bond acceptors (Lipinski definition) is 5. The fourth-order valence-corrected chi connectivity index (χ4v) is 4.78.